The highest BCUT2D eigenvalue weighted by molar-refractivity contribution is 6.09. The number of carbonyl (C=O) groups is 2. The van der Waals surface area contributed by atoms with E-state index in [1.54, 1.807) is 18.2 Å². The summed E-state index contributed by atoms with van der Waals surface area (Å²) in [4.78, 5) is 22.0. The number of phenols is 1. The molecule has 1 radical (unpaired) electrons. The minimum Gasteiger partial charge on any atom is -0.508 e. The molecule has 0 aliphatic heterocycles. The number of rotatable bonds is 5. The highest BCUT2D eigenvalue weighted by Crippen LogP contribution is 2.10. The van der Waals surface area contributed by atoms with Crippen molar-refractivity contribution >= 4 is 17.6 Å². The van der Waals surface area contributed by atoms with Gasteiger partial charge in [-0.05, 0) is 29.8 Å². The first-order chi connectivity index (χ1) is 7.61. The van der Waals surface area contributed by atoms with Gasteiger partial charge in [-0.1, -0.05) is 24.8 Å². The number of aromatic hydroxyl groups is 1. The van der Waals surface area contributed by atoms with E-state index in [1.807, 2.05) is 0 Å². The average molecular weight is 215 g/mol. The summed E-state index contributed by atoms with van der Waals surface area (Å²) in [6.45, 7) is 4.97. The number of hydrogen-bond acceptors (Lipinski definition) is 3. The van der Waals surface area contributed by atoms with Crippen molar-refractivity contribution in [3.8, 4) is 5.75 Å². The summed E-state index contributed by atoms with van der Waals surface area (Å²) in [7, 11) is 0. The number of allylic oxidation sites excluding steroid dienone is 2. The third-order valence-electron chi connectivity index (χ3n) is 1.89. The van der Waals surface area contributed by atoms with E-state index in [0.29, 0.717) is 0 Å². The molecule has 0 amide bonds. The first kappa shape index (κ1) is 11.9. The van der Waals surface area contributed by atoms with Crippen molar-refractivity contribution in [1.29, 1.82) is 0 Å². The number of ketones is 2. The molecular weight excluding hydrogens is 204 g/mol. The Morgan fingerprint density at radius 3 is 2.38 bits per heavy atom. The Labute approximate surface area is 93.7 Å². The molecule has 0 bridgehead atoms. The molecule has 0 heterocycles. The summed E-state index contributed by atoms with van der Waals surface area (Å²) < 4.78 is 0. The first-order valence-electron chi connectivity index (χ1n) is 4.69. The highest BCUT2D eigenvalue weighted by atomic mass is 16.3. The van der Waals surface area contributed by atoms with Gasteiger partial charge < -0.3 is 5.11 Å². The lowest BCUT2D eigenvalue weighted by atomic mass is 10.1. The van der Waals surface area contributed by atoms with Gasteiger partial charge in [-0.15, -0.1) is 0 Å². The Morgan fingerprint density at radius 2 is 1.81 bits per heavy atom. The number of hydrogen-bond donors (Lipinski definition) is 1. The van der Waals surface area contributed by atoms with Gasteiger partial charge in [0.2, 0.25) is 0 Å². The second-order valence-electron chi connectivity index (χ2n) is 3.20. The fourth-order valence-electron chi connectivity index (χ4n) is 1.06. The molecule has 0 spiro atoms. The van der Waals surface area contributed by atoms with Crippen molar-refractivity contribution in [2.45, 2.75) is 6.42 Å². The van der Waals surface area contributed by atoms with Gasteiger partial charge in [0.05, 0.1) is 6.42 Å². The standard InChI is InChI=1S/C13H11O3/c1-2-11(14)9-13(16)8-5-10-3-6-12(15)7-4-10/h1-8,15H,9H2. The van der Waals surface area contributed by atoms with Crippen LogP contribution < -0.4 is 0 Å². The highest BCUT2D eigenvalue weighted by Gasteiger charge is 2.01. The van der Waals surface area contributed by atoms with Crippen molar-refractivity contribution in [2.75, 3.05) is 0 Å². The van der Waals surface area contributed by atoms with E-state index < -0.39 is 5.78 Å². The van der Waals surface area contributed by atoms with Crippen LogP contribution in [0.1, 0.15) is 12.0 Å². The largest absolute Gasteiger partial charge is 0.508 e. The minimum absolute atomic E-state index is 0.163. The topological polar surface area (TPSA) is 54.4 Å². The monoisotopic (exact) mass is 215 g/mol. The zero-order chi connectivity index (χ0) is 12.0. The molecule has 1 N–H and O–H groups in total. The van der Waals surface area contributed by atoms with Gasteiger partial charge in [0.1, 0.15) is 5.75 Å². The minimum atomic E-state index is -0.402. The predicted molar refractivity (Wildman–Crippen MR) is 60.6 cm³/mol. The second kappa shape index (κ2) is 5.66. The molecule has 0 unspecified atom stereocenters. The maximum absolute atomic E-state index is 11.2. The number of benzene rings is 1. The Kier molecular flexibility index (Phi) is 4.21. The molecule has 1 rings (SSSR count). The van der Waals surface area contributed by atoms with Crippen molar-refractivity contribution < 1.29 is 14.7 Å². The lowest BCUT2D eigenvalue weighted by molar-refractivity contribution is -0.121. The first-order valence-corrected chi connectivity index (χ1v) is 4.69. The zero-order valence-corrected chi connectivity index (χ0v) is 8.59. The van der Waals surface area contributed by atoms with Crippen LogP contribution >= 0.6 is 0 Å². The SMILES string of the molecule is [CH]=CC(=O)CC(=O)C=Cc1ccc(O)cc1. The van der Waals surface area contributed by atoms with Crippen LogP contribution in [-0.4, -0.2) is 16.7 Å². The number of phenolic OH excluding ortho intramolecular Hbond substituents is 1. The summed E-state index contributed by atoms with van der Waals surface area (Å²) in [6.07, 6.45) is 3.55. The second-order valence-corrected chi connectivity index (χ2v) is 3.20. The molecule has 81 valence electrons. The fourth-order valence-corrected chi connectivity index (χ4v) is 1.06. The van der Waals surface area contributed by atoms with Gasteiger partial charge in [0.25, 0.3) is 0 Å². The lowest BCUT2D eigenvalue weighted by Gasteiger charge is -1.94. The van der Waals surface area contributed by atoms with E-state index >= 15 is 0 Å². The molecule has 0 aliphatic carbocycles. The molecule has 16 heavy (non-hydrogen) atoms. The van der Waals surface area contributed by atoms with E-state index in [2.05, 4.69) is 0 Å². The van der Waals surface area contributed by atoms with Gasteiger partial charge in [0, 0.05) is 0 Å². The number of carbonyl (C=O) groups excluding carboxylic acids is 2. The molecule has 0 atom stereocenters. The van der Waals surface area contributed by atoms with E-state index in [1.165, 1.54) is 18.2 Å². The van der Waals surface area contributed by atoms with Crippen molar-refractivity contribution in [3.63, 3.8) is 0 Å². The zero-order valence-electron chi connectivity index (χ0n) is 8.59. The molecule has 0 aromatic heterocycles. The van der Waals surface area contributed by atoms with Crippen LogP contribution in [0.5, 0.6) is 5.75 Å². The van der Waals surface area contributed by atoms with Crippen molar-refractivity contribution in [1.82, 2.24) is 0 Å². The van der Waals surface area contributed by atoms with Crippen LogP contribution in [0.4, 0.5) is 0 Å². The lowest BCUT2D eigenvalue weighted by Crippen LogP contribution is -2.01. The summed E-state index contributed by atoms with van der Waals surface area (Å²) >= 11 is 0. The summed E-state index contributed by atoms with van der Waals surface area (Å²) in [6, 6.07) is 6.36. The summed E-state index contributed by atoms with van der Waals surface area (Å²) in [5.41, 5.74) is 0.773. The normalized spacial score (nSPS) is 10.2. The van der Waals surface area contributed by atoms with Gasteiger partial charge >= 0.3 is 0 Å². The van der Waals surface area contributed by atoms with Crippen LogP contribution in [0.15, 0.2) is 36.4 Å². The Morgan fingerprint density at radius 1 is 1.19 bits per heavy atom. The van der Waals surface area contributed by atoms with Crippen molar-refractivity contribution in [2.24, 2.45) is 0 Å². The molecule has 1 aromatic rings. The predicted octanol–water partition coefficient (Wildman–Crippen LogP) is 1.92. The van der Waals surface area contributed by atoms with Gasteiger partial charge in [0.15, 0.2) is 11.6 Å². The van der Waals surface area contributed by atoms with Gasteiger partial charge in [-0.25, -0.2) is 0 Å². The maximum Gasteiger partial charge on any atom is 0.163 e. The van der Waals surface area contributed by atoms with Crippen LogP contribution in [0.2, 0.25) is 0 Å². The molecule has 0 saturated heterocycles. The van der Waals surface area contributed by atoms with E-state index in [0.717, 1.165) is 11.6 Å². The van der Waals surface area contributed by atoms with Crippen LogP contribution in [0.25, 0.3) is 6.08 Å². The summed E-state index contributed by atoms with van der Waals surface area (Å²) in [5.74, 6) is -0.545. The third kappa shape index (κ3) is 3.92. The maximum atomic E-state index is 11.2. The van der Waals surface area contributed by atoms with Gasteiger partial charge in [-0.2, -0.15) is 0 Å². The van der Waals surface area contributed by atoms with Crippen molar-refractivity contribution in [3.05, 3.63) is 48.6 Å². The molecule has 0 aliphatic rings. The van der Waals surface area contributed by atoms with Crippen LogP contribution in [0.3, 0.4) is 0 Å². The molecule has 0 saturated carbocycles. The molecular formula is C13H11O3. The Bertz CT molecular complexity index is 427. The van der Waals surface area contributed by atoms with Gasteiger partial charge in [-0.3, -0.25) is 9.59 Å². The molecule has 1 aromatic carbocycles. The average Bonchev–Trinajstić information content (AvgIpc) is 2.28. The fraction of sp³-hybridized carbons (Fsp3) is 0.0769. The quantitative estimate of drug-likeness (QED) is 0.603. The molecule has 0 fully saturated rings. The Balaban J connectivity index is 2.59. The van der Waals surface area contributed by atoms with Crippen LogP contribution in [-0.2, 0) is 9.59 Å². The Hall–Kier alpha value is -2.16. The van der Waals surface area contributed by atoms with E-state index in [4.69, 9.17) is 11.7 Å². The molecule has 3 nitrogen and oxygen atoms in total. The van der Waals surface area contributed by atoms with E-state index in [-0.39, 0.29) is 18.0 Å². The third-order valence-corrected chi connectivity index (χ3v) is 1.89. The van der Waals surface area contributed by atoms with E-state index in [9.17, 15) is 9.59 Å². The van der Waals surface area contributed by atoms with Crippen LogP contribution in [0, 0.1) is 6.58 Å². The smallest absolute Gasteiger partial charge is 0.163 e. The summed E-state index contributed by atoms with van der Waals surface area (Å²) in [5, 5.41) is 9.03. The molecule has 3 heteroatoms.